The molecule has 2 unspecified atom stereocenters. The summed E-state index contributed by atoms with van der Waals surface area (Å²) in [5.41, 5.74) is 6.82. The zero-order valence-electron chi connectivity index (χ0n) is 21.1. The summed E-state index contributed by atoms with van der Waals surface area (Å²) < 4.78 is 0. The molecular weight excluding hydrogens is 418 g/mol. The van der Waals surface area contributed by atoms with Crippen LogP contribution in [-0.2, 0) is 0 Å². The van der Waals surface area contributed by atoms with Gasteiger partial charge in [0.25, 0.3) is 0 Å². The molecule has 1 saturated heterocycles. The number of likely N-dealkylation sites (tertiary alicyclic amines) is 1. The molecule has 2 N–H and O–H groups in total. The highest BCUT2D eigenvalue weighted by molar-refractivity contribution is 5.92. The molecule has 0 spiro atoms. The Labute approximate surface area is 205 Å². The van der Waals surface area contributed by atoms with Gasteiger partial charge in [-0.15, -0.1) is 0 Å². The molecule has 1 fully saturated rings. The fourth-order valence-corrected chi connectivity index (χ4v) is 6.10. The van der Waals surface area contributed by atoms with Crippen molar-refractivity contribution >= 4 is 11.1 Å². The van der Waals surface area contributed by atoms with E-state index in [-0.39, 0.29) is 6.61 Å². The number of rotatable bonds is 8. The number of phenols is 1. The van der Waals surface area contributed by atoms with Gasteiger partial charge in [-0.3, -0.25) is 0 Å². The Balaban J connectivity index is 1.71. The number of aliphatic hydroxyl groups excluding tert-OH is 1. The van der Waals surface area contributed by atoms with E-state index in [9.17, 15) is 10.2 Å². The van der Waals surface area contributed by atoms with Crippen molar-refractivity contribution in [1.29, 1.82) is 0 Å². The molecule has 1 heterocycles. The number of aromatic hydroxyl groups is 1. The zero-order chi connectivity index (χ0) is 24.1. The number of allylic oxidation sites excluding steroid dienone is 3. The lowest BCUT2D eigenvalue weighted by Gasteiger charge is -2.34. The van der Waals surface area contributed by atoms with Crippen LogP contribution in [0.2, 0.25) is 0 Å². The van der Waals surface area contributed by atoms with Gasteiger partial charge in [-0.2, -0.15) is 0 Å². The Kier molecular flexibility index (Phi) is 8.28. The van der Waals surface area contributed by atoms with Gasteiger partial charge in [-0.05, 0) is 105 Å². The lowest BCUT2D eigenvalue weighted by Crippen LogP contribution is -2.29. The van der Waals surface area contributed by atoms with Gasteiger partial charge >= 0.3 is 0 Å². The van der Waals surface area contributed by atoms with Crippen LogP contribution in [0.15, 0.2) is 66.2 Å². The topological polar surface area (TPSA) is 43.7 Å². The number of hydrogen-bond acceptors (Lipinski definition) is 3. The monoisotopic (exact) mass is 459 g/mol. The lowest BCUT2D eigenvalue weighted by atomic mass is 9.71. The summed E-state index contributed by atoms with van der Waals surface area (Å²) in [6.45, 7) is 9.64. The molecule has 2 aromatic carbocycles. The zero-order valence-corrected chi connectivity index (χ0v) is 21.1. The molecule has 0 saturated carbocycles. The molecule has 3 nitrogen and oxygen atoms in total. The lowest BCUT2D eigenvalue weighted by molar-refractivity contribution is 0.266. The van der Waals surface area contributed by atoms with Gasteiger partial charge in [0.05, 0.1) is 0 Å². The van der Waals surface area contributed by atoms with Crippen molar-refractivity contribution < 1.29 is 10.2 Å². The molecule has 0 radical (unpaired) electrons. The largest absolute Gasteiger partial charge is 0.508 e. The van der Waals surface area contributed by atoms with E-state index in [0.29, 0.717) is 29.5 Å². The first-order valence-corrected chi connectivity index (χ1v) is 13.1. The van der Waals surface area contributed by atoms with Crippen LogP contribution in [0, 0.1) is 17.8 Å². The first-order valence-electron chi connectivity index (χ1n) is 13.1. The van der Waals surface area contributed by atoms with Crippen LogP contribution in [0.4, 0.5) is 0 Å². The van der Waals surface area contributed by atoms with Gasteiger partial charge < -0.3 is 15.1 Å². The minimum absolute atomic E-state index is 0.193. The van der Waals surface area contributed by atoms with E-state index in [0.717, 1.165) is 25.7 Å². The minimum Gasteiger partial charge on any atom is -0.508 e. The average molecular weight is 460 g/mol. The van der Waals surface area contributed by atoms with Crippen LogP contribution in [-0.4, -0.2) is 40.9 Å². The number of phenolic OH excluding ortho intramolecular Hbond substituents is 1. The van der Waals surface area contributed by atoms with Gasteiger partial charge in [0.2, 0.25) is 0 Å². The van der Waals surface area contributed by atoms with E-state index in [1.807, 2.05) is 0 Å². The van der Waals surface area contributed by atoms with Crippen molar-refractivity contribution in [2.75, 3.05) is 19.7 Å². The molecule has 0 amide bonds. The summed E-state index contributed by atoms with van der Waals surface area (Å²) in [6, 6.07) is 19.0. The van der Waals surface area contributed by atoms with Crippen LogP contribution < -0.4 is 0 Å². The van der Waals surface area contributed by atoms with Gasteiger partial charge in [-0.1, -0.05) is 61.0 Å². The third-order valence-electron chi connectivity index (χ3n) is 7.89. The predicted molar refractivity (Wildman–Crippen MR) is 142 cm³/mol. The summed E-state index contributed by atoms with van der Waals surface area (Å²) in [4.78, 5) is 2.62. The normalized spacial score (nSPS) is 24.3. The van der Waals surface area contributed by atoms with E-state index in [2.05, 4.69) is 74.2 Å². The Morgan fingerprint density at radius 3 is 2.38 bits per heavy atom. The van der Waals surface area contributed by atoms with Crippen LogP contribution in [0.5, 0.6) is 5.75 Å². The second-order valence-corrected chi connectivity index (χ2v) is 10.5. The summed E-state index contributed by atoms with van der Waals surface area (Å²) >= 11 is 0. The van der Waals surface area contributed by atoms with E-state index in [4.69, 9.17) is 0 Å². The maximum atomic E-state index is 9.94. The van der Waals surface area contributed by atoms with Gasteiger partial charge in [0.15, 0.2) is 0 Å². The Morgan fingerprint density at radius 2 is 1.76 bits per heavy atom. The molecule has 1 aliphatic carbocycles. The van der Waals surface area contributed by atoms with Crippen molar-refractivity contribution in [2.45, 2.75) is 58.9 Å². The summed E-state index contributed by atoms with van der Waals surface area (Å²) in [5, 5.41) is 19.6. The van der Waals surface area contributed by atoms with Crippen LogP contribution >= 0.6 is 0 Å². The number of benzene rings is 2. The van der Waals surface area contributed by atoms with E-state index >= 15 is 0 Å². The third kappa shape index (κ3) is 5.64. The second kappa shape index (κ2) is 11.4. The maximum Gasteiger partial charge on any atom is 0.115 e. The first kappa shape index (κ1) is 24.8. The first-order chi connectivity index (χ1) is 16.5. The number of aliphatic hydroxyl groups is 1. The van der Waals surface area contributed by atoms with Gasteiger partial charge in [0, 0.05) is 19.2 Å². The average Bonchev–Trinajstić information content (AvgIpc) is 3.33. The molecule has 0 aromatic heterocycles. The number of hydrogen-bond donors (Lipinski definition) is 2. The smallest absolute Gasteiger partial charge is 0.115 e. The summed E-state index contributed by atoms with van der Waals surface area (Å²) in [6.07, 6.45) is 7.65. The SMILES string of the molecule is CC(C)N1CCC(C2=CCC(/C(=C(/CCCO)c3ccccc3)c3ccc(O)cc3)C[C@H]2C)C1. The Bertz CT molecular complexity index is 990. The van der Waals surface area contributed by atoms with E-state index < -0.39 is 0 Å². The Hall–Kier alpha value is -2.36. The fraction of sp³-hybridized carbons (Fsp3) is 0.484. The standard InChI is InChI=1S/C31H41NO2/c1-22(2)32-18-17-27(21-32)29-16-13-26(20-23(29)3)31(25-11-14-28(34)15-12-25)30(10-7-19-33)24-8-5-4-6-9-24/h4-6,8-9,11-12,14-16,22-23,26-27,33-34H,7,10,13,17-21H2,1-3H3/b31-30-/t23-,26?,27?/m1/s1. The molecule has 0 bridgehead atoms. The van der Waals surface area contributed by atoms with Crippen molar-refractivity contribution in [3.63, 3.8) is 0 Å². The van der Waals surface area contributed by atoms with Crippen LogP contribution in [0.3, 0.4) is 0 Å². The molecule has 2 aliphatic rings. The highest BCUT2D eigenvalue weighted by atomic mass is 16.3. The quantitative estimate of drug-likeness (QED) is 0.338. The molecular formula is C31H41NO2. The van der Waals surface area contributed by atoms with Gasteiger partial charge in [0.1, 0.15) is 5.75 Å². The van der Waals surface area contributed by atoms with Crippen molar-refractivity contribution in [1.82, 2.24) is 4.90 Å². The molecule has 3 heteroatoms. The van der Waals surface area contributed by atoms with Crippen molar-refractivity contribution in [2.24, 2.45) is 17.8 Å². The van der Waals surface area contributed by atoms with Gasteiger partial charge in [-0.25, -0.2) is 0 Å². The van der Waals surface area contributed by atoms with Crippen LogP contribution in [0.1, 0.15) is 64.0 Å². The highest BCUT2D eigenvalue weighted by Crippen LogP contribution is 2.45. The molecule has 34 heavy (non-hydrogen) atoms. The number of nitrogens with zero attached hydrogens (tertiary/aromatic N) is 1. The van der Waals surface area contributed by atoms with E-state index in [1.165, 1.54) is 41.8 Å². The summed E-state index contributed by atoms with van der Waals surface area (Å²) in [5.74, 6) is 2.00. The maximum absolute atomic E-state index is 9.94. The molecule has 1 aliphatic heterocycles. The van der Waals surface area contributed by atoms with Crippen LogP contribution in [0.25, 0.3) is 11.1 Å². The molecule has 182 valence electrons. The predicted octanol–water partition coefficient (Wildman–Crippen LogP) is 6.78. The molecule has 2 aromatic rings. The third-order valence-corrected chi connectivity index (χ3v) is 7.89. The molecule has 4 rings (SSSR count). The van der Waals surface area contributed by atoms with Crippen molar-refractivity contribution in [3.8, 4) is 5.75 Å². The fourth-order valence-electron chi connectivity index (χ4n) is 6.10. The van der Waals surface area contributed by atoms with E-state index in [1.54, 1.807) is 17.7 Å². The van der Waals surface area contributed by atoms with Crippen molar-refractivity contribution in [3.05, 3.63) is 77.4 Å². The molecule has 3 atom stereocenters. The summed E-state index contributed by atoms with van der Waals surface area (Å²) in [7, 11) is 0. The Morgan fingerprint density at radius 1 is 1.03 bits per heavy atom. The second-order valence-electron chi connectivity index (χ2n) is 10.5. The minimum atomic E-state index is 0.193. The highest BCUT2D eigenvalue weighted by Gasteiger charge is 2.33.